The molecule has 2 aliphatic rings. The molecule has 0 atom stereocenters. The number of benzene rings is 1. The van der Waals surface area contributed by atoms with E-state index in [9.17, 15) is 9.59 Å². The van der Waals surface area contributed by atoms with Crippen LogP contribution in [0.4, 0.5) is 0 Å². The molecule has 1 aromatic carbocycles. The maximum atomic E-state index is 12.6. The first-order valence-electron chi connectivity index (χ1n) is 9.44. The van der Waals surface area contributed by atoms with Crippen molar-refractivity contribution in [3.8, 4) is 0 Å². The second kappa shape index (κ2) is 8.84. The van der Waals surface area contributed by atoms with Crippen LogP contribution in [-0.2, 0) is 16.0 Å². The van der Waals surface area contributed by atoms with Gasteiger partial charge in [-0.05, 0) is 56.2 Å². The van der Waals surface area contributed by atoms with Gasteiger partial charge in [-0.1, -0.05) is 28.1 Å². The Morgan fingerprint density at radius 3 is 2.40 bits per heavy atom. The van der Waals surface area contributed by atoms with E-state index in [1.54, 1.807) is 0 Å². The summed E-state index contributed by atoms with van der Waals surface area (Å²) in [5.41, 5.74) is 1.18. The number of piperidine rings is 2. The van der Waals surface area contributed by atoms with Crippen molar-refractivity contribution in [1.29, 1.82) is 0 Å². The summed E-state index contributed by atoms with van der Waals surface area (Å²) in [6.07, 6.45) is 6.47. The van der Waals surface area contributed by atoms with Gasteiger partial charge in [0.1, 0.15) is 0 Å². The summed E-state index contributed by atoms with van der Waals surface area (Å²) in [7, 11) is 0. The molecule has 2 fully saturated rings. The Morgan fingerprint density at radius 1 is 1.00 bits per heavy atom. The molecule has 0 N–H and O–H groups in total. The fourth-order valence-electron chi connectivity index (χ4n) is 3.85. The fraction of sp³-hybridized carbons (Fsp3) is 0.600. The molecule has 4 nitrogen and oxygen atoms in total. The molecule has 1 aromatic rings. The third-order valence-electron chi connectivity index (χ3n) is 5.38. The predicted molar refractivity (Wildman–Crippen MR) is 102 cm³/mol. The number of amides is 2. The summed E-state index contributed by atoms with van der Waals surface area (Å²) in [6, 6.07) is 8.12. The van der Waals surface area contributed by atoms with Crippen molar-refractivity contribution in [1.82, 2.24) is 9.80 Å². The predicted octanol–water partition coefficient (Wildman–Crippen LogP) is 3.63. The zero-order chi connectivity index (χ0) is 17.6. The first-order chi connectivity index (χ1) is 12.1. The average Bonchev–Trinajstić information content (AvgIpc) is 2.66. The molecule has 0 unspecified atom stereocenters. The molecule has 0 radical (unpaired) electrons. The van der Waals surface area contributed by atoms with Crippen molar-refractivity contribution in [3.63, 3.8) is 0 Å². The van der Waals surface area contributed by atoms with E-state index >= 15 is 0 Å². The highest BCUT2D eigenvalue weighted by Gasteiger charge is 2.30. The van der Waals surface area contributed by atoms with Crippen LogP contribution in [-0.4, -0.2) is 47.8 Å². The van der Waals surface area contributed by atoms with Gasteiger partial charge in [-0.15, -0.1) is 0 Å². The highest BCUT2D eigenvalue weighted by atomic mass is 79.9. The van der Waals surface area contributed by atoms with Crippen LogP contribution in [0, 0.1) is 5.92 Å². The molecule has 0 bridgehead atoms. The summed E-state index contributed by atoms with van der Waals surface area (Å²) in [5.74, 6) is 0.650. The van der Waals surface area contributed by atoms with E-state index in [1.807, 2.05) is 21.9 Å². The van der Waals surface area contributed by atoms with E-state index < -0.39 is 0 Å². The SMILES string of the molecule is O=C(CCc1cccc(Br)c1)N1CCC(C(=O)N2CCCCC2)CC1. The number of hydrogen-bond acceptors (Lipinski definition) is 2. The second-order valence-corrected chi connectivity index (χ2v) is 8.09. The van der Waals surface area contributed by atoms with Gasteiger partial charge in [-0.3, -0.25) is 9.59 Å². The fourth-order valence-corrected chi connectivity index (χ4v) is 4.30. The van der Waals surface area contributed by atoms with Gasteiger partial charge in [0.15, 0.2) is 0 Å². The van der Waals surface area contributed by atoms with Crippen LogP contribution in [0.1, 0.15) is 44.1 Å². The zero-order valence-corrected chi connectivity index (χ0v) is 16.3. The van der Waals surface area contributed by atoms with Crippen molar-refractivity contribution in [2.75, 3.05) is 26.2 Å². The van der Waals surface area contributed by atoms with Crippen molar-refractivity contribution in [2.24, 2.45) is 5.92 Å². The molecule has 5 heteroatoms. The van der Waals surface area contributed by atoms with Crippen molar-refractivity contribution >= 4 is 27.7 Å². The molecule has 2 amide bonds. The number of likely N-dealkylation sites (tertiary alicyclic amines) is 2. The lowest BCUT2D eigenvalue weighted by Gasteiger charge is -2.35. The topological polar surface area (TPSA) is 40.6 Å². The molecule has 0 aliphatic carbocycles. The van der Waals surface area contributed by atoms with E-state index in [0.29, 0.717) is 12.3 Å². The smallest absolute Gasteiger partial charge is 0.225 e. The van der Waals surface area contributed by atoms with Gasteiger partial charge in [0.05, 0.1) is 0 Å². The van der Waals surface area contributed by atoms with Crippen LogP contribution in [0.5, 0.6) is 0 Å². The van der Waals surface area contributed by atoms with Gasteiger partial charge >= 0.3 is 0 Å². The largest absolute Gasteiger partial charge is 0.343 e. The quantitative estimate of drug-likeness (QED) is 0.765. The van der Waals surface area contributed by atoms with E-state index in [1.165, 1.54) is 12.0 Å². The Bertz CT molecular complexity index is 605. The van der Waals surface area contributed by atoms with Crippen LogP contribution in [0.3, 0.4) is 0 Å². The first kappa shape index (κ1) is 18.4. The molecule has 2 aliphatic heterocycles. The van der Waals surface area contributed by atoms with E-state index in [0.717, 1.165) is 62.8 Å². The van der Waals surface area contributed by atoms with Crippen LogP contribution < -0.4 is 0 Å². The summed E-state index contributed by atoms with van der Waals surface area (Å²) in [6.45, 7) is 3.29. The van der Waals surface area contributed by atoms with Crippen LogP contribution in [0.2, 0.25) is 0 Å². The number of halogens is 1. The van der Waals surface area contributed by atoms with Crippen molar-refractivity contribution in [2.45, 2.75) is 44.9 Å². The van der Waals surface area contributed by atoms with Gasteiger partial charge in [-0.25, -0.2) is 0 Å². The molecule has 0 aromatic heterocycles. The molecular formula is C20H27BrN2O2. The Balaban J connectivity index is 1.43. The number of nitrogens with zero attached hydrogens (tertiary/aromatic N) is 2. The van der Waals surface area contributed by atoms with E-state index in [4.69, 9.17) is 0 Å². The minimum absolute atomic E-state index is 0.118. The van der Waals surface area contributed by atoms with E-state index in [2.05, 4.69) is 28.1 Å². The monoisotopic (exact) mass is 406 g/mol. The third-order valence-corrected chi connectivity index (χ3v) is 5.87. The molecule has 0 spiro atoms. The van der Waals surface area contributed by atoms with E-state index in [-0.39, 0.29) is 11.8 Å². The molecule has 2 heterocycles. The second-order valence-electron chi connectivity index (χ2n) is 7.17. The Labute approximate surface area is 158 Å². The van der Waals surface area contributed by atoms with Crippen LogP contribution in [0.25, 0.3) is 0 Å². The third kappa shape index (κ3) is 5.06. The van der Waals surface area contributed by atoms with Gasteiger partial charge in [0.2, 0.25) is 11.8 Å². The minimum Gasteiger partial charge on any atom is -0.343 e. The van der Waals surface area contributed by atoms with Crippen LogP contribution >= 0.6 is 15.9 Å². The number of carbonyl (C=O) groups is 2. The minimum atomic E-state index is 0.118. The number of rotatable bonds is 4. The Morgan fingerprint density at radius 2 is 1.72 bits per heavy atom. The molecule has 25 heavy (non-hydrogen) atoms. The maximum absolute atomic E-state index is 12.6. The van der Waals surface area contributed by atoms with Gasteiger partial charge < -0.3 is 9.80 Å². The van der Waals surface area contributed by atoms with Gasteiger partial charge in [0.25, 0.3) is 0 Å². The molecule has 0 saturated carbocycles. The van der Waals surface area contributed by atoms with Gasteiger partial charge in [-0.2, -0.15) is 0 Å². The highest BCUT2D eigenvalue weighted by Crippen LogP contribution is 2.22. The summed E-state index contributed by atoms with van der Waals surface area (Å²) >= 11 is 3.47. The zero-order valence-electron chi connectivity index (χ0n) is 14.8. The first-order valence-corrected chi connectivity index (χ1v) is 10.2. The summed E-state index contributed by atoms with van der Waals surface area (Å²) < 4.78 is 1.05. The lowest BCUT2D eigenvalue weighted by atomic mass is 9.94. The molecule has 136 valence electrons. The molecule has 2 saturated heterocycles. The molecular weight excluding hydrogens is 380 g/mol. The summed E-state index contributed by atoms with van der Waals surface area (Å²) in [5, 5.41) is 0. The Kier molecular flexibility index (Phi) is 6.51. The number of aryl methyl sites for hydroxylation is 1. The number of carbonyl (C=O) groups excluding carboxylic acids is 2. The van der Waals surface area contributed by atoms with Gasteiger partial charge in [0, 0.05) is 43.0 Å². The number of hydrogen-bond donors (Lipinski definition) is 0. The van der Waals surface area contributed by atoms with Crippen molar-refractivity contribution in [3.05, 3.63) is 34.3 Å². The average molecular weight is 407 g/mol. The standard InChI is InChI=1S/C20H27BrN2O2/c21-18-6-4-5-16(15-18)7-8-19(24)22-13-9-17(10-14-22)20(25)23-11-2-1-3-12-23/h4-6,15,17H,1-3,7-14H2. The maximum Gasteiger partial charge on any atom is 0.225 e. The lowest BCUT2D eigenvalue weighted by molar-refractivity contribution is -0.141. The normalized spacial score (nSPS) is 19.1. The lowest BCUT2D eigenvalue weighted by Crippen LogP contribution is -2.45. The highest BCUT2D eigenvalue weighted by molar-refractivity contribution is 9.10. The molecule has 3 rings (SSSR count). The summed E-state index contributed by atoms with van der Waals surface area (Å²) in [4.78, 5) is 29.0. The van der Waals surface area contributed by atoms with Crippen molar-refractivity contribution < 1.29 is 9.59 Å². The Hall–Kier alpha value is -1.36. The van der Waals surface area contributed by atoms with Crippen LogP contribution in [0.15, 0.2) is 28.7 Å².